The average molecular weight is 312 g/mol. The second-order valence-electron chi connectivity index (χ2n) is 5.76. The highest BCUT2D eigenvalue weighted by Crippen LogP contribution is 2.25. The first-order valence-corrected chi connectivity index (χ1v) is 8.72. The standard InChI is InChI=1S/C15H24N2O3S/c1-11(2)20-15-6-5-14(9-12(15)3)21(18,19)17(4)13-7-8-16-10-13/h5-6,9,11,13,16H,7-8,10H2,1-4H3. The number of benzene rings is 1. The van der Waals surface area contributed by atoms with E-state index in [4.69, 9.17) is 4.74 Å². The van der Waals surface area contributed by atoms with Crippen LogP contribution in [0.1, 0.15) is 25.8 Å². The lowest BCUT2D eigenvalue weighted by molar-refractivity contribution is 0.240. The summed E-state index contributed by atoms with van der Waals surface area (Å²) in [5.41, 5.74) is 0.836. The topological polar surface area (TPSA) is 58.6 Å². The molecule has 0 saturated carbocycles. The third kappa shape index (κ3) is 3.56. The molecule has 2 rings (SSSR count). The van der Waals surface area contributed by atoms with Crippen molar-refractivity contribution in [2.24, 2.45) is 0 Å². The van der Waals surface area contributed by atoms with Crippen LogP contribution in [-0.4, -0.2) is 45.0 Å². The van der Waals surface area contributed by atoms with E-state index in [0.717, 1.165) is 24.3 Å². The predicted octanol–water partition coefficient (Wildman–Crippen LogP) is 1.76. The Balaban J connectivity index is 2.25. The number of hydrogen-bond donors (Lipinski definition) is 1. The van der Waals surface area contributed by atoms with Crippen LogP contribution in [0.5, 0.6) is 5.75 Å². The van der Waals surface area contributed by atoms with E-state index in [1.165, 1.54) is 4.31 Å². The van der Waals surface area contributed by atoms with Crippen molar-refractivity contribution in [3.63, 3.8) is 0 Å². The van der Waals surface area contributed by atoms with Crippen molar-refractivity contribution >= 4 is 10.0 Å². The van der Waals surface area contributed by atoms with Gasteiger partial charge in [-0.3, -0.25) is 0 Å². The molecule has 1 N–H and O–H groups in total. The number of nitrogens with zero attached hydrogens (tertiary/aromatic N) is 1. The molecule has 1 fully saturated rings. The molecule has 118 valence electrons. The first-order valence-electron chi connectivity index (χ1n) is 7.28. The molecule has 1 aromatic rings. The lowest BCUT2D eigenvalue weighted by Gasteiger charge is -2.23. The first-order chi connectivity index (χ1) is 9.82. The maximum Gasteiger partial charge on any atom is 0.243 e. The highest BCUT2D eigenvalue weighted by Gasteiger charge is 2.30. The maximum atomic E-state index is 12.7. The Labute approximate surface area is 127 Å². The van der Waals surface area contributed by atoms with E-state index in [2.05, 4.69) is 5.32 Å². The summed E-state index contributed by atoms with van der Waals surface area (Å²) in [7, 11) is -1.80. The summed E-state index contributed by atoms with van der Waals surface area (Å²) in [5, 5.41) is 3.19. The molecule has 1 aromatic carbocycles. The van der Waals surface area contributed by atoms with Crippen LogP contribution >= 0.6 is 0 Å². The third-order valence-corrected chi connectivity index (χ3v) is 5.64. The molecule has 1 unspecified atom stereocenters. The van der Waals surface area contributed by atoms with Gasteiger partial charge in [0.2, 0.25) is 10.0 Å². The van der Waals surface area contributed by atoms with Crippen molar-refractivity contribution in [1.82, 2.24) is 9.62 Å². The number of likely N-dealkylation sites (N-methyl/N-ethyl adjacent to an activating group) is 1. The summed E-state index contributed by atoms with van der Waals surface area (Å²) in [5.74, 6) is 0.731. The smallest absolute Gasteiger partial charge is 0.243 e. The van der Waals surface area contributed by atoms with Crippen molar-refractivity contribution < 1.29 is 13.2 Å². The number of nitrogens with one attached hydrogen (secondary N) is 1. The quantitative estimate of drug-likeness (QED) is 0.900. The average Bonchev–Trinajstić information content (AvgIpc) is 2.93. The van der Waals surface area contributed by atoms with Gasteiger partial charge in [-0.15, -0.1) is 0 Å². The van der Waals surface area contributed by atoms with Gasteiger partial charge in [0, 0.05) is 19.6 Å². The fourth-order valence-corrected chi connectivity index (χ4v) is 3.95. The minimum atomic E-state index is -3.45. The van der Waals surface area contributed by atoms with Crippen molar-refractivity contribution in [3.8, 4) is 5.75 Å². The normalized spacial score (nSPS) is 19.4. The molecule has 0 amide bonds. The lowest BCUT2D eigenvalue weighted by atomic mass is 10.2. The van der Waals surface area contributed by atoms with Gasteiger partial charge in [0.1, 0.15) is 5.75 Å². The van der Waals surface area contributed by atoms with Crippen molar-refractivity contribution in [2.75, 3.05) is 20.1 Å². The van der Waals surface area contributed by atoms with Gasteiger partial charge in [-0.25, -0.2) is 8.42 Å². The molecule has 0 spiro atoms. The molecule has 1 heterocycles. The number of hydrogen-bond acceptors (Lipinski definition) is 4. The number of sulfonamides is 1. The molecule has 6 heteroatoms. The Morgan fingerprint density at radius 3 is 2.62 bits per heavy atom. The van der Waals surface area contributed by atoms with Crippen LogP contribution in [0.4, 0.5) is 0 Å². The molecule has 0 aromatic heterocycles. The fourth-order valence-electron chi connectivity index (χ4n) is 2.48. The van der Waals surface area contributed by atoms with Gasteiger partial charge in [-0.2, -0.15) is 4.31 Å². The minimum absolute atomic E-state index is 0.0295. The van der Waals surface area contributed by atoms with Crippen molar-refractivity contribution in [2.45, 2.75) is 44.2 Å². The summed E-state index contributed by atoms with van der Waals surface area (Å²) in [4.78, 5) is 0.325. The Bertz CT molecular complexity index is 593. The zero-order valence-electron chi connectivity index (χ0n) is 13.1. The van der Waals surface area contributed by atoms with Crippen LogP contribution in [0.15, 0.2) is 23.1 Å². The minimum Gasteiger partial charge on any atom is -0.491 e. The molecular weight excluding hydrogens is 288 g/mol. The van der Waals surface area contributed by atoms with Gasteiger partial charge in [-0.1, -0.05) is 0 Å². The molecule has 1 saturated heterocycles. The highest BCUT2D eigenvalue weighted by molar-refractivity contribution is 7.89. The Morgan fingerprint density at radius 1 is 1.38 bits per heavy atom. The van der Waals surface area contributed by atoms with Crippen molar-refractivity contribution in [1.29, 1.82) is 0 Å². The van der Waals surface area contributed by atoms with E-state index >= 15 is 0 Å². The lowest BCUT2D eigenvalue weighted by Crippen LogP contribution is -2.38. The molecule has 5 nitrogen and oxygen atoms in total. The zero-order valence-corrected chi connectivity index (χ0v) is 13.9. The van der Waals surface area contributed by atoms with Gasteiger partial charge in [-0.05, 0) is 57.5 Å². The number of ether oxygens (including phenoxy) is 1. The molecule has 0 bridgehead atoms. The van der Waals surface area contributed by atoms with E-state index in [1.807, 2.05) is 20.8 Å². The second-order valence-corrected chi connectivity index (χ2v) is 7.76. The molecule has 1 aliphatic rings. The molecule has 1 aliphatic heterocycles. The summed E-state index contributed by atoms with van der Waals surface area (Å²) >= 11 is 0. The molecule has 0 aliphatic carbocycles. The first kappa shape index (κ1) is 16.3. The summed E-state index contributed by atoms with van der Waals surface area (Å²) in [6.07, 6.45) is 0.918. The monoisotopic (exact) mass is 312 g/mol. The molecule has 0 radical (unpaired) electrons. The summed E-state index contributed by atoms with van der Waals surface area (Å²) in [6.45, 7) is 7.35. The van der Waals surface area contributed by atoms with Gasteiger partial charge in [0.05, 0.1) is 11.0 Å². The van der Waals surface area contributed by atoms with Crippen LogP contribution < -0.4 is 10.1 Å². The number of aryl methyl sites for hydroxylation is 1. The summed E-state index contributed by atoms with van der Waals surface area (Å²) < 4.78 is 32.5. The Kier molecular flexibility index (Phi) is 4.91. The van der Waals surface area contributed by atoms with Gasteiger partial charge < -0.3 is 10.1 Å². The van der Waals surface area contributed by atoms with Crippen LogP contribution in [0.2, 0.25) is 0 Å². The van der Waals surface area contributed by atoms with Crippen LogP contribution in [0.3, 0.4) is 0 Å². The largest absolute Gasteiger partial charge is 0.491 e. The van der Waals surface area contributed by atoms with E-state index in [1.54, 1.807) is 25.2 Å². The van der Waals surface area contributed by atoms with Crippen LogP contribution in [0.25, 0.3) is 0 Å². The summed E-state index contributed by atoms with van der Waals surface area (Å²) in [6, 6.07) is 5.08. The predicted molar refractivity (Wildman–Crippen MR) is 83.2 cm³/mol. The zero-order chi connectivity index (χ0) is 15.6. The third-order valence-electron chi connectivity index (χ3n) is 3.73. The maximum absolute atomic E-state index is 12.7. The highest BCUT2D eigenvalue weighted by atomic mass is 32.2. The van der Waals surface area contributed by atoms with E-state index in [-0.39, 0.29) is 12.1 Å². The molecule has 21 heavy (non-hydrogen) atoms. The SMILES string of the molecule is Cc1cc(S(=O)(=O)N(C)C2CCNC2)ccc1OC(C)C. The van der Waals surface area contributed by atoms with Crippen LogP contribution in [-0.2, 0) is 10.0 Å². The second kappa shape index (κ2) is 6.34. The van der Waals surface area contributed by atoms with E-state index < -0.39 is 10.0 Å². The Morgan fingerprint density at radius 2 is 2.10 bits per heavy atom. The van der Waals surface area contributed by atoms with E-state index in [0.29, 0.717) is 11.4 Å². The fraction of sp³-hybridized carbons (Fsp3) is 0.600. The Hall–Kier alpha value is -1.11. The molecular formula is C15H24N2O3S. The van der Waals surface area contributed by atoms with E-state index in [9.17, 15) is 8.42 Å². The molecule has 1 atom stereocenters. The van der Waals surface area contributed by atoms with Crippen molar-refractivity contribution in [3.05, 3.63) is 23.8 Å². The van der Waals surface area contributed by atoms with Crippen LogP contribution in [0, 0.1) is 6.92 Å². The van der Waals surface area contributed by atoms with Gasteiger partial charge in [0.25, 0.3) is 0 Å². The van der Waals surface area contributed by atoms with Gasteiger partial charge in [0.15, 0.2) is 0 Å². The van der Waals surface area contributed by atoms with Gasteiger partial charge >= 0.3 is 0 Å². The number of rotatable bonds is 5.